The van der Waals surface area contributed by atoms with E-state index >= 15 is 0 Å². The van der Waals surface area contributed by atoms with Crippen molar-refractivity contribution in [3.63, 3.8) is 0 Å². The van der Waals surface area contributed by atoms with Gasteiger partial charge in [0.1, 0.15) is 17.8 Å². The van der Waals surface area contributed by atoms with Gasteiger partial charge in [-0.1, -0.05) is 17.7 Å². The minimum atomic E-state index is -0.0819. The maximum absolute atomic E-state index is 12.9. The average Bonchev–Trinajstić information content (AvgIpc) is 3.14. The number of anilines is 2. The van der Waals surface area contributed by atoms with Crippen LogP contribution in [0.4, 0.5) is 16.3 Å². The number of rotatable bonds is 3. The van der Waals surface area contributed by atoms with E-state index < -0.39 is 0 Å². The molecule has 5 rings (SSSR count). The minimum Gasteiger partial charge on any atom is -0.354 e. The van der Waals surface area contributed by atoms with Crippen molar-refractivity contribution in [3.8, 4) is 0 Å². The predicted molar refractivity (Wildman–Crippen MR) is 115 cm³/mol. The number of hydrogen-bond acceptors (Lipinski definition) is 4. The molecule has 1 spiro atoms. The summed E-state index contributed by atoms with van der Waals surface area (Å²) >= 11 is 6.20. The van der Waals surface area contributed by atoms with Crippen LogP contribution in [-0.2, 0) is 0 Å². The lowest BCUT2D eigenvalue weighted by atomic mass is 9.99. The van der Waals surface area contributed by atoms with Crippen molar-refractivity contribution in [2.24, 2.45) is 5.41 Å². The molecule has 1 unspecified atom stereocenters. The summed E-state index contributed by atoms with van der Waals surface area (Å²) in [5, 5.41) is 4.65. The van der Waals surface area contributed by atoms with Crippen LogP contribution in [0.1, 0.15) is 18.4 Å². The number of amides is 2. The molecule has 1 atom stereocenters. The largest absolute Gasteiger partial charge is 0.354 e. The maximum Gasteiger partial charge on any atom is 0.321 e. The third-order valence-corrected chi connectivity index (χ3v) is 6.75. The smallest absolute Gasteiger partial charge is 0.321 e. The topological polar surface area (TPSA) is 77.2 Å². The lowest BCUT2D eigenvalue weighted by Gasteiger charge is -2.30. The monoisotopic (exact) mass is 410 g/mol. The first-order valence-electron chi connectivity index (χ1n) is 9.80. The third-order valence-electron chi connectivity index (χ3n) is 6.34. The van der Waals surface area contributed by atoms with Crippen molar-refractivity contribution in [2.75, 3.05) is 30.4 Å². The molecule has 2 aliphatic rings. The van der Waals surface area contributed by atoms with Crippen molar-refractivity contribution in [2.45, 2.75) is 25.8 Å². The Hall–Kier alpha value is -2.80. The maximum atomic E-state index is 12.9. The molecule has 2 fully saturated rings. The number of halogens is 1. The molecule has 2 aromatic heterocycles. The van der Waals surface area contributed by atoms with Gasteiger partial charge in [-0.15, -0.1) is 0 Å². The first-order valence-corrected chi connectivity index (χ1v) is 10.2. The van der Waals surface area contributed by atoms with Crippen LogP contribution in [-0.4, -0.2) is 52.1 Å². The molecule has 0 radical (unpaired) electrons. The summed E-state index contributed by atoms with van der Waals surface area (Å²) in [6.07, 6.45) is 5.72. The Balaban J connectivity index is 1.36. The zero-order chi connectivity index (χ0) is 20.2. The summed E-state index contributed by atoms with van der Waals surface area (Å²) in [5.74, 6) is 0.903. The van der Waals surface area contributed by atoms with Gasteiger partial charge in [-0.2, -0.15) is 0 Å². The van der Waals surface area contributed by atoms with Crippen molar-refractivity contribution in [1.82, 2.24) is 19.9 Å². The fourth-order valence-corrected chi connectivity index (χ4v) is 4.63. The highest BCUT2D eigenvalue weighted by Crippen LogP contribution is 2.55. The number of aromatic amines is 1. The molecule has 0 bridgehead atoms. The molecular weight excluding hydrogens is 388 g/mol. The molecule has 2 N–H and O–H groups in total. The van der Waals surface area contributed by atoms with E-state index in [1.54, 1.807) is 12.4 Å². The molecule has 7 nitrogen and oxygen atoms in total. The molecule has 1 saturated carbocycles. The van der Waals surface area contributed by atoms with Crippen LogP contribution in [0.5, 0.6) is 0 Å². The van der Waals surface area contributed by atoms with Crippen LogP contribution >= 0.6 is 11.6 Å². The zero-order valence-corrected chi connectivity index (χ0v) is 17.2. The van der Waals surface area contributed by atoms with Gasteiger partial charge >= 0.3 is 6.03 Å². The lowest BCUT2D eigenvalue weighted by Crippen LogP contribution is -2.40. The third kappa shape index (κ3) is 3.09. The minimum absolute atomic E-state index is 0.0819. The Bertz CT molecular complexity index is 1090. The number of fused-ring (bicyclic) bond motifs is 1. The van der Waals surface area contributed by atoms with Crippen LogP contribution in [0.25, 0.3) is 11.0 Å². The molecule has 1 aromatic carbocycles. The molecule has 1 saturated heterocycles. The van der Waals surface area contributed by atoms with Crippen molar-refractivity contribution >= 4 is 40.2 Å². The fourth-order valence-electron chi connectivity index (χ4n) is 4.45. The highest BCUT2D eigenvalue weighted by molar-refractivity contribution is 6.31. The van der Waals surface area contributed by atoms with Gasteiger partial charge < -0.3 is 20.1 Å². The summed E-state index contributed by atoms with van der Waals surface area (Å²) in [6, 6.07) is 7.74. The summed E-state index contributed by atoms with van der Waals surface area (Å²) in [5.41, 5.74) is 2.68. The second-order valence-corrected chi connectivity index (χ2v) is 8.61. The quantitative estimate of drug-likeness (QED) is 0.682. The van der Waals surface area contributed by atoms with E-state index in [4.69, 9.17) is 11.6 Å². The molecule has 1 aliphatic carbocycles. The molecule has 3 aromatic rings. The van der Waals surface area contributed by atoms with Crippen LogP contribution in [0, 0.1) is 12.3 Å². The zero-order valence-electron chi connectivity index (χ0n) is 16.4. The highest BCUT2D eigenvalue weighted by Gasteiger charge is 2.57. The van der Waals surface area contributed by atoms with E-state index in [-0.39, 0.29) is 17.5 Å². The average molecular weight is 411 g/mol. The molecule has 29 heavy (non-hydrogen) atoms. The lowest BCUT2D eigenvalue weighted by molar-refractivity contribution is 0.220. The second kappa shape index (κ2) is 6.62. The van der Waals surface area contributed by atoms with Gasteiger partial charge in [0, 0.05) is 42.5 Å². The van der Waals surface area contributed by atoms with E-state index in [0.29, 0.717) is 11.6 Å². The molecular formula is C21H23ClN6O. The van der Waals surface area contributed by atoms with Gasteiger partial charge in [-0.25, -0.2) is 14.8 Å². The number of urea groups is 1. The van der Waals surface area contributed by atoms with Gasteiger partial charge in [0.2, 0.25) is 0 Å². The van der Waals surface area contributed by atoms with Crippen molar-refractivity contribution in [1.29, 1.82) is 0 Å². The summed E-state index contributed by atoms with van der Waals surface area (Å²) in [7, 11) is 2.07. The number of aromatic nitrogens is 3. The Morgan fingerprint density at radius 3 is 2.93 bits per heavy atom. The van der Waals surface area contributed by atoms with E-state index in [0.717, 1.165) is 47.5 Å². The molecule has 3 heterocycles. The van der Waals surface area contributed by atoms with Crippen molar-refractivity contribution in [3.05, 3.63) is 47.4 Å². The summed E-state index contributed by atoms with van der Waals surface area (Å²) in [6.45, 7) is 3.37. The number of hydrogen-bond donors (Lipinski definition) is 2. The van der Waals surface area contributed by atoms with Crippen LogP contribution < -0.4 is 10.2 Å². The first-order chi connectivity index (χ1) is 14.0. The molecule has 1 aliphatic heterocycles. The number of likely N-dealkylation sites (N-methyl/N-ethyl adjacent to an activating group) is 1. The number of likely N-dealkylation sites (tertiary alicyclic amines) is 1. The highest BCUT2D eigenvalue weighted by atomic mass is 35.5. The van der Waals surface area contributed by atoms with E-state index in [1.807, 2.05) is 36.2 Å². The Morgan fingerprint density at radius 2 is 2.17 bits per heavy atom. The number of H-pyrrole nitrogens is 1. The predicted octanol–water partition coefficient (Wildman–Crippen LogP) is 4.05. The molecule has 8 heteroatoms. The van der Waals surface area contributed by atoms with Gasteiger partial charge in [0.15, 0.2) is 0 Å². The van der Waals surface area contributed by atoms with E-state index in [2.05, 4.69) is 32.2 Å². The standard InChI is InChI=1S/C21H23ClN6O/c1-13-3-4-14(9-16(13)22)26-20(29)28-10-17(21(11-28)6-7-21)27(2)19-15-5-8-23-18(15)24-12-25-19/h3-5,8-9,12,17H,6-7,10-11H2,1-2H3,(H,26,29)(H,23,24,25). The van der Waals surface area contributed by atoms with Crippen LogP contribution in [0.2, 0.25) is 5.02 Å². The van der Waals surface area contributed by atoms with Gasteiger partial charge in [-0.3, -0.25) is 0 Å². The molecule has 2 amide bonds. The molecule has 150 valence electrons. The second-order valence-electron chi connectivity index (χ2n) is 8.20. The number of carbonyl (C=O) groups excluding carboxylic acids is 1. The van der Waals surface area contributed by atoms with Gasteiger partial charge in [-0.05, 0) is 43.5 Å². The Kier molecular flexibility index (Phi) is 4.17. The fraction of sp³-hybridized carbons (Fsp3) is 0.381. The van der Waals surface area contributed by atoms with Gasteiger partial charge in [0.05, 0.1) is 11.4 Å². The van der Waals surface area contributed by atoms with Crippen LogP contribution in [0.15, 0.2) is 36.8 Å². The normalized spacial score (nSPS) is 19.7. The Labute approximate surface area is 174 Å². The summed E-state index contributed by atoms with van der Waals surface area (Å²) in [4.78, 5) is 29.0. The van der Waals surface area contributed by atoms with Crippen LogP contribution in [0.3, 0.4) is 0 Å². The number of aryl methyl sites for hydroxylation is 1. The number of carbonyl (C=O) groups is 1. The Morgan fingerprint density at radius 1 is 1.34 bits per heavy atom. The van der Waals surface area contributed by atoms with Crippen molar-refractivity contribution < 1.29 is 4.79 Å². The SMILES string of the molecule is Cc1ccc(NC(=O)N2CC(N(C)c3ncnc4[nH]ccc34)C3(CC3)C2)cc1Cl. The number of benzene rings is 1. The summed E-state index contributed by atoms with van der Waals surface area (Å²) < 4.78 is 0. The van der Waals surface area contributed by atoms with E-state index in [9.17, 15) is 4.79 Å². The van der Waals surface area contributed by atoms with E-state index in [1.165, 1.54) is 0 Å². The number of nitrogens with zero attached hydrogens (tertiary/aromatic N) is 4. The van der Waals surface area contributed by atoms with Gasteiger partial charge in [0.25, 0.3) is 0 Å². The first kappa shape index (κ1) is 18.2. The number of nitrogens with one attached hydrogen (secondary N) is 2.